The van der Waals surface area contributed by atoms with Crippen molar-refractivity contribution in [2.45, 2.75) is 33.2 Å². The van der Waals surface area contributed by atoms with Crippen LogP contribution < -0.4 is 15.4 Å². The lowest BCUT2D eigenvalue weighted by atomic mass is 10.1. The molecule has 30 heavy (non-hydrogen) atoms. The maximum atomic E-state index is 11.4. The second kappa shape index (κ2) is 12.3. The van der Waals surface area contributed by atoms with Crippen LogP contribution >= 0.6 is 24.0 Å². The minimum absolute atomic E-state index is 0. The molecule has 3 rings (SSSR count). The summed E-state index contributed by atoms with van der Waals surface area (Å²) in [5.74, 6) is 2.68. The fourth-order valence-corrected chi connectivity index (χ4v) is 3.45. The summed E-state index contributed by atoms with van der Waals surface area (Å²) >= 11 is 0. The lowest BCUT2D eigenvalue weighted by molar-refractivity contribution is -0.130. The number of carbonyl (C=O) groups is 1. The molecule has 168 valence electrons. The highest BCUT2D eigenvalue weighted by Gasteiger charge is 2.22. The molecule has 1 aliphatic carbocycles. The summed E-state index contributed by atoms with van der Waals surface area (Å²) in [5, 5.41) is 6.78. The molecule has 1 saturated heterocycles. The summed E-state index contributed by atoms with van der Waals surface area (Å²) in [6.07, 6.45) is 2.58. The molecule has 1 aliphatic heterocycles. The van der Waals surface area contributed by atoms with Crippen molar-refractivity contribution in [2.75, 3.05) is 52.9 Å². The van der Waals surface area contributed by atoms with Gasteiger partial charge in [0.2, 0.25) is 5.91 Å². The Bertz CT molecular complexity index is 715. The van der Waals surface area contributed by atoms with Crippen molar-refractivity contribution in [2.24, 2.45) is 10.9 Å². The summed E-state index contributed by atoms with van der Waals surface area (Å²) in [5.41, 5.74) is 2.37. The molecule has 0 radical (unpaired) electrons. The fraction of sp³-hybridized carbons (Fsp3) is 0.636. The molecule has 0 atom stereocenters. The van der Waals surface area contributed by atoms with Crippen LogP contribution in [0.2, 0.25) is 0 Å². The zero-order chi connectivity index (χ0) is 20.6. The molecule has 0 spiro atoms. The number of hydrogen-bond donors (Lipinski definition) is 2. The lowest BCUT2D eigenvalue weighted by Gasteiger charge is -2.34. The van der Waals surface area contributed by atoms with Gasteiger partial charge in [0.15, 0.2) is 5.96 Å². The molecular weight excluding hydrogens is 493 g/mol. The quantitative estimate of drug-likeness (QED) is 0.307. The minimum Gasteiger partial charge on any atom is -0.493 e. The number of nitrogens with one attached hydrogen (secondary N) is 2. The predicted octanol–water partition coefficient (Wildman–Crippen LogP) is 2.23. The molecule has 1 aromatic rings. The van der Waals surface area contributed by atoms with Crippen molar-refractivity contribution in [3.8, 4) is 5.75 Å². The van der Waals surface area contributed by atoms with E-state index in [0.29, 0.717) is 6.54 Å². The van der Waals surface area contributed by atoms with Crippen LogP contribution in [0.4, 0.5) is 0 Å². The van der Waals surface area contributed by atoms with Crippen LogP contribution in [-0.4, -0.2) is 74.6 Å². The number of piperazine rings is 1. The topological polar surface area (TPSA) is 69.2 Å². The third-order valence-corrected chi connectivity index (χ3v) is 5.60. The van der Waals surface area contributed by atoms with E-state index in [4.69, 9.17) is 4.74 Å². The number of aryl methyl sites for hydroxylation is 1. The van der Waals surface area contributed by atoms with Gasteiger partial charge < -0.3 is 20.3 Å². The number of aliphatic imine (C=N–C) groups is 1. The van der Waals surface area contributed by atoms with Gasteiger partial charge in [-0.15, -0.1) is 24.0 Å². The number of carbonyl (C=O) groups excluding carboxylic acids is 1. The second-order valence-corrected chi connectivity index (χ2v) is 8.07. The van der Waals surface area contributed by atoms with Crippen molar-refractivity contribution >= 4 is 35.8 Å². The number of nitrogens with zero attached hydrogens (tertiary/aromatic N) is 3. The molecular formula is C22H36IN5O2. The number of guanidine groups is 1. The fourth-order valence-electron chi connectivity index (χ4n) is 3.45. The van der Waals surface area contributed by atoms with Gasteiger partial charge in [0.1, 0.15) is 5.75 Å². The number of hydrogen-bond acceptors (Lipinski definition) is 4. The normalized spacial score (nSPS) is 17.3. The van der Waals surface area contributed by atoms with Crippen LogP contribution in [0.5, 0.6) is 5.75 Å². The van der Waals surface area contributed by atoms with Crippen molar-refractivity contribution in [1.82, 2.24) is 20.4 Å². The van der Waals surface area contributed by atoms with Gasteiger partial charge in [-0.1, -0.05) is 12.1 Å². The van der Waals surface area contributed by atoms with Gasteiger partial charge in [0, 0.05) is 65.3 Å². The van der Waals surface area contributed by atoms with Crippen LogP contribution in [0.3, 0.4) is 0 Å². The molecule has 0 bridgehead atoms. The van der Waals surface area contributed by atoms with Gasteiger partial charge in [-0.05, 0) is 37.3 Å². The summed E-state index contributed by atoms with van der Waals surface area (Å²) < 4.78 is 6.06. The van der Waals surface area contributed by atoms with E-state index < -0.39 is 0 Å². The minimum atomic E-state index is 0. The Kier molecular flexibility index (Phi) is 10.2. The van der Waals surface area contributed by atoms with Crippen molar-refractivity contribution in [3.05, 3.63) is 29.3 Å². The maximum Gasteiger partial charge on any atom is 0.219 e. The third kappa shape index (κ3) is 7.94. The standard InChI is InChI=1S/C22H35N5O2.HI/c1-17-4-7-20(21(14-17)29-16-19-5-6-19)15-25-22(23-3)24-8-9-26-10-12-27(13-11-26)18(2)28;/h4,7,14,19H,5-6,8-13,15-16H2,1-3H3,(H2,23,24,25);1H. The van der Waals surface area contributed by atoms with Crippen LogP contribution in [0.25, 0.3) is 0 Å². The van der Waals surface area contributed by atoms with E-state index in [1.165, 1.54) is 18.4 Å². The van der Waals surface area contributed by atoms with Gasteiger partial charge in [-0.25, -0.2) is 0 Å². The van der Waals surface area contributed by atoms with Gasteiger partial charge in [-0.2, -0.15) is 0 Å². The molecule has 0 aromatic heterocycles. The number of rotatable bonds is 8. The van der Waals surface area contributed by atoms with Crippen molar-refractivity contribution < 1.29 is 9.53 Å². The number of halogens is 1. The number of benzene rings is 1. The third-order valence-electron chi connectivity index (χ3n) is 5.60. The molecule has 2 N–H and O–H groups in total. The molecule has 0 unspecified atom stereocenters. The predicted molar refractivity (Wildman–Crippen MR) is 132 cm³/mol. The average Bonchev–Trinajstić information content (AvgIpc) is 3.55. The van der Waals surface area contributed by atoms with E-state index in [2.05, 4.69) is 45.6 Å². The van der Waals surface area contributed by atoms with E-state index >= 15 is 0 Å². The summed E-state index contributed by atoms with van der Waals surface area (Å²) in [4.78, 5) is 20.0. The Morgan fingerprint density at radius 1 is 1.20 bits per heavy atom. The van der Waals surface area contributed by atoms with E-state index in [1.807, 2.05) is 4.90 Å². The second-order valence-electron chi connectivity index (χ2n) is 8.07. The largest absolute Gasteiger partial charge is 0.493 e. The van der Waals surface area contributed by atoms with E-state index in [0.717, 1.165) is 69.1 Å². The van der Waals surface area contributed by atoms with Crippen molar-refractivity contribution in [1.29, 1.82) is 0 Å². The molecule has 1 heterocycles. The Balaban J connectivity index is 0.00000320. The van der Waals surface area contributed by atoms with Crippen LogP contribution in [-0.2, 0) is 11.3 Å². The van der Waals surface area contributed by atoms with Gasteiger partial charge in [0.25, 0.3) is 0 Å². The molecule has 8 heteroatoms. The number of amides is 1. The Hall–Kier alpha value is -1.55. The molecule has 1 aromatic carbocycles. The first kappa shape index (κ1) is 24.7. The molecule has 1 saturated carbocycles. The number of ether oxygens (including phenoxy) is 1. The molecule has 2 fully saturated rings. The van der Waals surface area contributed by atoms with Gasteiger partial charge >= 0.3 is 0 Å². The van der Waals surface area contributed by atoms with Crippen LogP contribution in [0.15, 0.2) is 23.2 Å². The Labute approximate surface area is 197 Å². The monoisotopic (exact) mass is 529 g/mol. The summed E-state index contributed by atoms with van der Waals surface area (Å²) in [7, 11) is 1.79. The van der Waals surface area contributed by atoms with Gasteiger partial charge in [-0.3, -0.25) is 14.7 Å². The van der Waals surface area contributed by atoms with Gasteiger partial charge in [0.05, 0.1) is 6.61 Å². The van der Waals surface area contributed by atoms with Crippen LogP contribution in [0.1, 0.15) is 30.9 Å². The lowest BCUT2D eigenvalue weighted by Crippen LogP contribution is -2.50. The first-order valence-electron chi connectivity index (χ1n) is 10.7. The van der Waals surface area contributed by atoms with Crippen LogP contribution in [0, 0.1) is 12.8 Å². The highest BCUT2D eigenvalue weighted by molar-refractivity contribution is 14.0. The van der Waals surface area contributed by atoms with E-state index in [9.17, 15) is 4.79 Å². The average molecular weight is 529 g/mol. The highest BCUT2D eigenvalue weighted by Crippen LogP contribution is 2.30. The Morgan fingerprint density at radius 2 is 1.93 bits per heavy atom. The summed E-state index contributed by atoms with van der Waals surface area (Å²) in [6.45, 7) is 10.5. The zero-order valence-electron chi connectivity index (χ0n) is 18.4. The Morgan fingerprint density at radius 3 is 2.57 bits per heavy atom. The van der Waals surface area contributed by atoms with Crippen molar-refractivity contribution in [3.63, 3.8) is 0 Å². The molecule has 2 aliphatic rings. The molecule has 7 nitrogen and oxygen atoms in total. The maximum absolute atomic E-state index is 11.4. The van der Waals surface area contributed by atoms with E-state index in [-0.39, 0.29) is 29.9 Å². The zero-order valence-corrected chi connectivity index (χ0v) is 20.8. The first-order valence-corrected chi connectivity index (χ1v) is 10.7. The SMILES string of the molecule is CN=C(NCCN1CCN(C(C)=O)CC1)NCc1ccc(C)cc1OCC1CC1.I. The van der Waals surface area contributed by atoms with E-state index in [1.54, 1.807) is 14.0 Å². The first-order chi connectivity index (χ1) is 14.0. The summed E-state index contributed by atoms with van der Waals surface area (Å²) in [6, 6.07) is 6.38. The highest BCUT2D eigenvalue weighted by atomic mass is 127. The smallest absolute Gasteiger partial charge is 0.219 e. The molecule has 1 amide bonds.